The first-order valence-corrected chi connectivity index (χ1v) is 6.57. The van der Waals surface area contributed by atoms with E-state index < -0.39 is 0 Å². The number of benzene rings is 1. The average molecular weight is 258 g/mol. The lowest BCUT2D eigenvalue weighted by molar-refractivity contribution is 0.185. The predicted molar refractivity (Wildman–Crippen MR) is 73.3 cm³/mol. The van der Waals surface area contributed by atoms with E-state index >= 15 is 0 Å². The van der Waals surface area contributed by atoms with Crippen LogP contribution in [0.1, 0.15) is 17.3 Å². The smallest absolute Gasteiger partial charge is 0.138 e. The van der Waals surface area contributed by atoms with Gasteiger partial charge in [0.25, 0.3) is 0 Å². The highest BCUT2D eigenvalue weighted by molar-refractivity contribution is 5.53. The molecule has 1 unspecified atom stereocenters. The van der Waals surface area contributed by atoms with Crippen molar-refractivity contribution in [3.05, 3.63) is 42.0 Å². The lowest BCUT2D eigenvalue weighted by atomic mass is 9.93. The number of nitrogens with zero attached hydrogens (tertiary/aromatic N) is 3. The van der Waals surface area contributed by atoms with E-state index in [1.807, 2.05) is 0 Å². The Labute approximate surface area is 112 Å². The van der Waals surface area contributed by atoms with Gasteiger partial charge in [0.2, 0.25) is 0 Å². The molecule has 1 aliphatic rings. The molecular formula is C14H18N4O. The SMILES string of the molecule is COCCn1cnnc1C1CNc2ccccc2C1. The molecule has 0 bridgehead atoms. The van der Waals surface area contributed by atoms with E-state index in [2.05, 4.69) is 44.3 Å². The van der Waals surface area contributed by atoms with Gasteiger partial charge in [-0.1, -0.05) is 18.2 Å². The van der Waals surface area contributed by atoms with Gasteiger partial charge in [0.1, 0.15) is 12.2 Å². The first-order chi connectivity index (χ1) is 9.38. The van der Waals surface area contributed by atoms with E-state index in [0.717, 1.165) is 25.3 Å². The van der Waals surface area contributed by atoms with Gasteiger partial charge < -0.3 is 14.6 Å². The molecule has 1 aromatic heterocycles. The van der Waals surface area contributed by atoms with Crippen LogP contribution in [0, 0.1) is 0 Å². The van der Waals surface area contributed by atoms with Gasteiger partial charge in [0.15, 0.2) is 0 Å². The van der Waals surface area contributed by atoms with Crippen LogP contribution in [0.5, 0.6) is 0 Å². The third-order valence-electron chi connectivity index (χ3n) is 3.57. The molecule has 0 spiro atoms. The second kappa shape index (κ2) is 5.40. The Bertz CT molecular complexity index is 552. The highest BCUT2D eigenvalue weighted by Gasteiger charge is 2.23. The van der Waals surface area contributed by atoms with E-state index in [4.69, 9.17) is 4.74 Å². The number of anilines is 1. The molecule has 1 N–H and O–H groups in total. The second-order valence-corrected chi connectivity index (χ2v) is 4.81. The van der Waals surface area contributed by atoms with Crippen LogP contribution in [0.2, 0.25) is 0 Å². The maximum absolute atomic E-state index is 5.12. The fraction of sp³-hybridized carbons (Fsp3) is 0.429. The largest absolute Gasteiger partial charge is 0.384 e. The lowest BCUT2D eigenvalue weighted by Gasteiger charge is -2.25. The standard InChI is InChI=1S/C14H18N4O/c1-19-7-6-18-10-16-17-14(18)12-8-11-4-2-3-5-13(11)15-9-12/h2-5,10,12,15H,6-9H2,1H3. The summed E-state index contributed by atoms with van der Waals surface area (Å²) >= 11 is 0. The van der Waals surface area contributed by atoms with Gasteiger partial charge >= 0.3 is 0 Å². The van der Waals surface area contributed by atoms with Crippen molar-refractivity contribution in [2.45, 2.75) is 18.9 Å². The van der Waals surface area contributed by atoms with Crippen LogP contribution >= 0.6 is 0 Å². The molecule has 19 heavy (non-hydrogen) atoms. The molecule has 0 amide bonds. The Morgan fingerprint density at radius 2 is 2.32 bits per heavy atom. The van der Waals surface area contributed by atoms with Crippen LogP contribution in [-0.2, 0) is 17.7 Å². The Morgan fingerprint density at radius 3 is 3.21 bits per heavy atom. The molecule has 0 saturated carbocycles. The number of hydrogen-bond donors (Lipinski definition) is 1. The van der Waals surface area contributed by atoms with Crippen molar-refractivity contribution in [1.29, 1.82) is 0 Å². The molecule has 0 fully saturated rings. The van der Waals surface area contributed by atoms with E-state index in [9.17, 15) is 0 Å². The molecule has 2 heterocycles. The van der Waals surface area contributed by atoms with Crippen LogP contribution in [0.15, 0.2) is 30.6 Å². The molecule has 1 aromatic carbocycles. The first-order valence-electron chi connectivity index (χ1n) is 6.57. The van der Waals surface area contributed by atoms with Crippen molar-refractivity contribution in [3.8, 4) is 0 Å². The van der Waals surface area contributed by atoms with Gasteiger partial charge in [-0.2, -0.15) is 0 Å². The van der Waals surface area contributed by atoms with Crippen molar-refractivity contribution < 1.29 is 4.74 Å². The predicted octanol–water partition coefficient (Wildman–Crippen LogP) is 1.68. The summed E-state index contributed by atoms with van der Waals surface area (Å²) < 4.78 is 7.21. The number of rotatable bonds is 4. The number of aromatic nitrogens is 3. The Balaban J connectivity index is 1.79. The number of para-hydroxylation sites is 1. The van der Waals surface area contributed by atoms with E-state index in [1.54, 1.807) is 13.4 Å². The van der Waals surface area contributed by atoms with Gasteiger partial charge in [-0.25, -0.2) is 0 Å². The van der Waals surface area contributed by atoms with Crippen LogP contribution < -0.4 is 5.32 Å². The summed E-state index contributed by atoms with van der Waals surface area (Å²) in [4.78, 5) is 0. The summed E-state index contributed by atoms with van der Waals surface area (Å²) in [5, 5.41) is 11.8. The molecule has 100 valence electrons. The summed E-state index contributed by atoms with van der Waals surface area (Å²) in [6, 6.07) is 8.44. The Morgan fingerprint density at radius 1 is 1.42 bits per heavy atom. The fourth-order valence-electron chi connectivity index (χ4n) is 2.57. The summed E-state index contributed by atoms with van der Waals surface area (Å²) in [6.45, 7) is 2.39. The normalized spacial score (nSPS) is 17.8. The van der Waals surface area contributed by atoms with Crippen LogP contribution in [0.3, 0.4) is 0 Å². The zero-order valence-electron chi connectivity index (χ0n) is 11.0. The Hall–Kier alpha value is -1.88. The number of methoxy groups -OCH3 is 1. The zero-order valence-corrected chi connectivity index (χ0v) is 11.0. The molecule has 5 nitrogen and oxygen atoms in total. The number of fused-ring (bicyclic) bond motifs is 1. The summed E-state index contributed by atoms with van der Waals surface area (Å²) in [5.41, 5.74) is 2.58. The topological polar surface area (TPSA) is 52.0 Å². The molecule has 1 atom stereocenters. The van der Waals surface area contributed by atoms with Crippen LogP contribution in [0.25, 0.3) is 0 Å². The molecule has 3 rings (SSSR count). The summed E-state index contributed by atoms with van der Waals surface area (Å²) in [6.07, 6.45) is 2.80. The van der Waals surface area contributed by atoms with Gasteiger partial charge in [-0.15, -0.1) is 10.2 Å². The monoisotopic (exact) mass is 258 g/mol. The van der Waals surface area contributed by atoms with Crippen LogP contribution in [0.4, 0.5) is 5.69 Å². The van der Waals surface area contributed by atoms with Crippen LogP contribution in [-0.4, -0.2) is 35.0 Å². The molecule has 0 radical (unpaired) electrons. The molecule has 0 aliphatic carbocycles. The average Bonchev–Trinajstić information content (AvgIpc) is 2.93. The van der Waals surface area contributed by atoms with E-state index in [-0.39, 0.29) is 0 Å². The number of nitrogens with one attached hydrogen (secondary N) is 1. The highest BCUT2D eigenvalue weighted by Crippen LogP contribution is 2.29. The van der Waals surface area contributed by atoms with E-state index in [0.29, 0.717) is 12.5 Å². The molecule has 5 heteroatoms. The summed E-state index contributed by atoms with van der Waals surface area (Å²) in [7, 11) is 1.71. The third-order valence-corrected chi connectivity index (χ3v) is 3.57. The van der Waals surface area contributed by atoms with Gasteiger partial charge in [0, 0.05) is 31.8 Å². The third kappa shape index (κ3) is 2.46. The minimum atomic E-state index is 0.370. The van der Waals surface area contributed by atoms with Crippen molar-refractivity contribution in [1.82, 2.24) is 14.8 Å². The number of hydrogen-bond acceptors (Lipinski definition) is 4. The fourth-order valence-corrected chi connectivity index (χ4v) is 2.57. The molecule has 1 aliphatic heterocycles. The van der Waals surface area contributed by atoms with Crippen molar-refractivity contribution >= 4 is 5.69 Å². The van der Waals surface area contributed by atoms with Crippen molar-refractivity contribution in [2.75, 3.05) is 25.6 Å². The minimum absolute atomic E-state index is 0.370. The maximum Gasteiger partial charge on any atom is 0.138 e. The number of ether oxygens (including phenoxy) is 1. The highest BCUT2D eigenvalue weighted by atomic mass is 16.5. The molecule has 2 aromatic rings. The first kappa shape index (κ1) is 12.2. The molecular weight excluding hydrogens is 240 g/mol. The Kier molecular flexibility index (Phi) is 3.46. The zero-order chi connectivity index (χ0) is 13.1. The minimum Gasteiger partial charge on any atom is -0.384 e. The quantitative estimate of drug-likeness (QED) is 0.906. The van der Waals surface area contributed by atoms with Gasteiger partial charge in [-0.05, 0) is 18.1 Å². The van der Waals surface area contributed by atoms with Gasteiger partial charge in [0.05, 0.1) is 6.61 Å². The lowest BCUT2D eigenvalue weighted by Crippen LogP contribution is -2.24. The maximum atomic E-state index is 5.12. The molecule has 0 saturated heterocycles. The van der Waals surface area contributed by atoms with Crippen molar-refractivity contribution in [3.63, 3.8) is 0 Å². The summed E-state index contributed by atoms with van der Waals surface area (Å²) in [5.74, 6) is 1.41. The van der Waals surface area contributed by atoms with Crippen molar-refractivity contribution in [2.24, 2.45) is 0 Å². The second-order valence-electron chi connectivity index (χ2n) is 4.81. The van der Waals surface area contributed by atoms with Gasteiger partial charge in [-0.3, -0.25) is 0 Å². The van der Waals surface area contributed by atoms with E-state index in [1.165, 1.54) is 11.3 Å².